The zero-order valence-corrected chi connectivity index (χ0v) is 11.9. The van der Waals surface area contributed by atoms with E-state index in [2.05, 4.69) is 0 Å². The Balaban J connectivity index is 2.45. The predicted molar refractivity (Wildman–Crippen MR) is 73.1 cm³/mol. The number of rotatable bonds is 3. The molecule has 1 atom stereocenters. The van der Waals surface area contributed by atoms with E-state index in [9.17, 15) is 23.8 Å². The molecule has 1 aromatic rings. The molecule has 1 saturated heterocycles. The van der Waals surface area contributed by atoms with E-state index < -0.39 is 20.2 Å². The van der Waals surface area contributed by atoms with Crippen molar-refractivity contribution in [1.29, 1.82) is 5.26 Å². The molecular formula is C12H11ClN2O4S. The molecule has 1 aromatic carbocycles. The molecule has 8 heteroatoms. The van der Waals surface area contributed by atoms with Gasteiger partial charge in [0.1, 0.15) is 0 Å². The lowest BCUT2D eigenvalue weighted by molar-refractivity contribution is -0.385. The summed E-state index contributed by atoms with van der Waals surface area (Å²) in [4.78, 5) is 10.4. The molecular weight excluding hydrogens is 304 g/mol. The van der Waals surface area contributed by atoms with Gasteiger partial charge < -0.3 is 0 Å². The van der Waals surface area contributed by atoms with E-state index in [1.54, 1.807) is 0 Å². The maximum atomic E-state index is 11.6. The van der Waals surface area contributed by atoms with Gasteiger partial charge in [0.15, 0.2) is 9.84 Å². The lowest BCUT2D eigenvalue weighted by Crippen LogP contribution is -2.24. The lowest BCUT2D eigenvalue weighted by atomic mass is 9.82. The van der Waals surface area contributed by atoms with Crippen LogP contribution in [0.2, 0.25) is 5.02 Å². The van der Waals surface area contributed by atoms with Crippen LogP contribution in [0, 0.1) is 26.9 Å². The summed E-state index contributed by atoms with van der Waals surface area (Å²) in [6.07, 6.45) is 0.146. The molecule has 0 aromatic heterocycles. The van der Waals surface area contributed by atoms with Gasteiger partial charge in [-0.15, -0.1) is 0 Å². The number of nitro groups is 1. The van der Waals surface area contributed by atoms with E-state index in [4.69, 9.17) is 11.6 Å². The van der Waals surface area contributed by atoms with Crippen molar-refractivity contribution in [2.24, 2.45) is 5.41 Å². The molecule has 2 rings (SSSR count). The highest BCUT2D eigenvalue weighted by Gasteiger charge is 2.44. The SMILES string of the molecule is N#CC1(Cc2c(Cl)cccc2[N+](=O)[O-])CCS(=O)(=O)C1. The van der Waals surface area contributed by atoms with Gasteiger partial charge in [0.05, 0.1) is 38.5 Å². The van der Waals surface area contributed by atoms with E-state index >= 15 is 0 Å². The van der Waals surface area contributed by atoms with Gasteiger partial charge in [-0.25, -0.2) is 8.42 Å². The van der Waals surface area contributed by atoms with Crippen LogP contribution in [0.4, 0.5) is 5.69 Å². The standard InChI is InChI=1S/C12H11ClN2O4S/c13-10-2-1-3-11(15(16)17)9(10)6-12(7-14)4-5-20(18,19)8-12/h1-3H,4-6,8H2. The van der Waals surface area contributed by atoms with Crippen molar-refractivity contribution in [3.8, 4) is 6.07 Å². The summed E-state index contributed by atoms with van der Waals surface area (Å²) in [5, 5.41) is 20.5. The Morgan fingerprint density at radius 2 is 2.20 bits per heavy atom. The van der Waals surface area contributed by atoms with Gasteiger partial charge >= 0.3 is 0 Å². The van der Waals surface area contributed by atoms with E-state index in [0.29, 0.717) is 0 Å². The van der Waals surface area contributed by atoms with Gasteiger partial charge in [0.25, 0.3) is 5.69 Å². The number of nitriles is 1. The van der Waals surface area contributed by atoms with Crippen LogP contribution in [0.15, 0.2) is 18.2 Å². The van der Waals surface area contributed by atoms with Gasteiger partial charge in [0, 0.05) is 12.5 Å². The first-order chi connectivity index (χ1) is 9.29. The quantitative estimate of drug-likeness (QED) is 0.628. The van der Waals surface area contributed by atoms with Gasteiger partial charge in [-0.05, 0) is 12.5 Å². The molecule has 0 spiro atoms. The third-order valence-electron chi connectivity index (χ3n) is 3.43. The molecule has 1 fully saturated rings. The van der Waals surface area contributed by atoms with E-state index in [1.165, 1.54) is 18.2 Å². The van der Waals surface area contributed by atoms with Crippen LogP contribution in [0.1, 0.15) is 12.0 Å². The van der Waals surface area contributed by atoms with Gasteiger partial charge in [-0.1, -0.05) is 17.7 Å². The summed E-state index contributed by atoms with van der Waals surface area (Å²) >= 11 is 5.98. The molecule has 0 saturated carbocycles. The molecule has 1 aliphatic rings. The van der Waals surface area contributed by atoms with Crippen molar-refractivity contribution in [3.05, 3.63) is 38.9 Å². The van der Waals surface area contributed by atoms with Crippen LogP contribution < -0.4 is 0 Å². The number of hydrogen-bond donors (Lipinski definition) is 0. The molecule has 1 aliphatic heterocycles. The fourth-order valence-electron chi connectivity index (χ4n) is 2.42. The second-order valence-electron chi connectivity index (χ2n) is 4.91. The summed E-state index contributed by atoms with van der Waals surface area (Å²) in [6, 6.07) is 6.27. The third-order valence-corrected chi connectivity index (χ3v) is 5.60. The van der Waals surface area contributed by atoms with Crippen molar-refractivity contribution in [1.82, 2.24) is 0 Å². The van der Waals surface area contributed by atoms with E-state index in [0.717, 1.165) is 0 Å². The normalized spacial score (nSPS) is 24.2. The Kier molecular flexibility index (Phi) is 3.71. The van der Waals surface area contributed by atoms with Crippen LogP contribution in [-0.2, 0) is 16.3 Å². The Bertz CT molecular complexity index is 711. The largest absolute Gasteiger partial charge is 0.274 e. The number of nitrogens with zero attached hydrogens (tertiary/aromatic N) is 2. The van der Waals surface area contributed by atoms with Gasteiger partial charge in [-0.2, -0.15) is 5.26 Å². The van der Waals surface area contributed by atoms with E-state index in [-0.39, 0.29) is 40.6 Å². The minimum atomic E-state index is -3.27. The summed E-state index contributed by atoms with van der Waals surface area (Å²) in [7, 11) is -3.27. The zero-order valence-electron chi connectivity index (χ0n) is 10.4. The molecule has 1 unspecified atom stereocenters. The summed E-state index contributed by atoms with van der Waals surface area (Å²) in [5.74, 6) is -0.350. The van der Waals surface area contributed by atoms with Crippen molar-refractivity contribution in [2.45, 2.75) is 12.8 Å². The highest BCUT2D eigenvalue weighted by molar-refractivity contribution is 7.91. The molecule has 0 radical (unpaired) electrons. The highest BCUT2D eigenvalue weighted by Crippen LogP contribution is 2.39. The lowest BCUT2D eigenvalue weighted by Gasteiger charge is -2.19. The maximum absolute atomic E-state index is 11.6. The first-order valence-electron chi connectivity index (χ1n) is 5.82. The molecule has 0 bridgehead atoms. The van der Waals surface area contributed by atoms with Crippen LogP contribution >= 0.6 is 11.6 Å². The Morgan fingerprint density at radius 3 is 2.70 bits per heavy atom. The number of sulfone groups is 1. The smallest absolute Gasteiger partial charge is 0.258 e. The first kappa shape index (κ1) is 14.8. The minimum Gasteiger partial charge on any atom is -0.258 e. The van der Waals surface area contributed by atoms with Gasteiger partial charge in [0.2, 0.25) is 0 Å². The fourth-order valence-corrected chi connectivity index (χ4v) is 4.65. The number of benzene rings is 1. The second kappa shape index (κ2) is 5.04. The zero-order chi connectivity index (χ0) is 15.0. The summed E-state index contributed by atoms with van der Waals surface area (Å²) < 4.78 is 23.2. The topological polar surface area (TPSA) is 101 Å². The second-order valence-corrected chi connectivity index (χ2v) is 7.50. The number of nitro benzene ring substituents is 1. The van der Waals surface area contributed by atoms with Crippen molar-refractivity contribution < 1.29 is 13.3 Å². The van der Waals surface area contributed by atoms with Gasteiger partial charge in [-0.3, -0.25) is 10.1 Å². The van der Waals surface area contributed by atoms with Crippen molar-refractivity contribution in [2.75, 3.05) is 11.5 Å². The van der Waals surface area contributed by atoms with Crippen molar-refractivity contribution in [3.63, 3.8) is 0 Å². The van der Waals surface area contributed by atoms with Crippen molar-refractivity contribution >= 4 is 27.1 Å². The third kappa shape index (κ3) is 2.76. The number of halogens is 1. The monoisotopic (exact) mass is 314 g/mol. The Labute approximate surface area is 121 Å². The van der Waals surface area contributed by atoms with E-state index in [1.807, 2.05) is 6.07 Å². The molecule has 6 nitrogen and oxygen atoms in total. The molecule has 0 N–H and O–H groups in total. The predicted octanol–water partition coefficient (Wildman–Crippen LogP) is 2.12. The molecule has 106 valence electrons. The van der Waals surface area contributed by atoms with Crippen LogP contribution in [0.25, 0.3) is 0 Å². The minimum absolute atomic E-state index is 0.0291. The average Bonchev–Trinajstić information content (AvgIpc) is 2.68. The molecule has 0 amide bonds. The average molecular weight is 315 g/mol. The summed E-state index contributed by atoms with van der Waals surface area (Å²) in [6.45, 7) is 0. The maximum Gasteiger partial charge on any atom is 0.274 e. The Hall–Kier alpha value is -1.65. The van der Waals surface area contributed by atoms with Crippen LogP contribution in [-0.4, -0.2) is 24.8 Å². The molecule has 1 heterocycles. The molecule has 0 aliphatic carbocycles. The highest BCUT2D eigenvalue weighted by atomic mass is 35.5. The molecule has 20 heavy (non-hydrogen) atoms. The van der Waals surface area contributed by atoms with Crippen LogP contribution in [0.5, 0.6) is 0 Å². The van der Waals surface area contributed by atoms with Crippen LogP contribution in [0.3, 0.4) is 0 Å². The Morgan fingerprint density at radius 1 is 1.50 bits per heavy atom. The number of hydrogen-bond acceptors (Lipinski definition) is 5. The fraction of sp³-hybridized carbons (Fsp3) is 0.417. The first-order valence-corrected chi connectivity index (χ1v) is 8.02. The summed E-state index contributed by atoms with van der Waals surface area (Å²) in [5.41, 5.74) is -1.09.